The van der Waals surface area contributed by atoms with E-state index in [2.05, 4.69) is 10.2 Å². The van der Waals surface area contributed by atoms with Crippen LogP contribution >= 0.6 is 0 Å². The molecular formula is C23H31N3O3S. The fourth-order valence-electron chi connectivity index (χ4n) is 3.71. The van der Waals surface area contributed by atoms with Gasteiger partial charge in [-0.1, -0.05) is 36.8 Å². The number of para-hydroxylation sites is 1. The zero-order valence-corrected chi connectivity index (χ0v) is 18.4. The highest BCUT2D eigenvalue weighted by molar-refractivity contribution is 7.92. The quantitative estimate of drug-likeness (QED) is 0.621. The molecule has 7 heteroatoms. The molecule has 1 aliphatic rings. The number of carbonyl (C=O) groups is 1. The predicted octanol–water partition coefficient (Wildman–Crippen LogP) is 3.26. The molecule has 0 aromatic heterocycles. The van der Waals surface area contributed by atoms with E-state index in [1.54, 1.807) is 24.3 Å². The second kappa shape index (κ2) is 10.6. The van der Waals surface area contributed by atoms with E-state index in [1.165, 1.54) is 42.9 Å². The van der Waals surface area contributed by atoms with Gasteiger partial charge in [-0.25, -0.2) is 8.42 Å². The molecule has 162 valence electrons. The average Bonchev–Trinajstić information content (AvgIpc) is 2.76. The lowest BCUT2D eigenvalue weighted by atomic mass is 10.1. The Labute approximate surface area is 179 Å². The SMILES string of the molecule is CS(=O)(=O)N(Cc1ccc(C(=O)NCCCN2CCCCC2)cc1)c1ccccc1. The number of benzene rings is 2. The molecule has 0 aliphatic carbocycles. The summed E-state index contributed by atoms with van der Waals surface area (Å²) in [4.78, 5) is 14.8. The van der Waals surface area contributed by atoms with Crippen molar-refractivity contribution in [1.29, 1.82) is 0 Å². The van der Waals surface area contributed by atoms with E-state index >= 15 is 0 Å². The Morgan fingerprint density at radius 3 is 2.30 bits per heavy atom. The molecule has 6 nitrogen and oxygen atoms in total. The number of nitrogens with one attached hydrogen (secondary N) is 1. The molecular weight excluding hydrogens is 398 g/mol. The van der Waals surface area contributed by atoms with Crippen LogP contribution in [-0.4, -0.2) is 51.7 Å². The van der Waals surface area contributed by atoms with Gasteiger partial charge in [0.25, 0.3) is 5.91 Å². The van der Waals surface area contributed by atoms with E-state index in [-0.39, 0.29) is 12.5 Å². The maximum Gasteiger partial charge on any atom is 0.251 e. The third-order valence-electron chi connectivity index (χ3n) is 5.37. The fraction of sp³-hybridized carbons (Fsp3) is 0.435. The van der Waals surface area contributed by atoms with E-state index in [1.807, 2.05) is 30.3 Å². The van der Waals surface area contributed by atoms with Crippen LogP contribution < -0.4 is 9.62 Å². The molecule has 0 spiro atoms. The Morgan fingerprint density at radius 2 is 1.67 bits per heavy atom. The monoisotopic (exact) mass is 429 g/mol. The Balaban J connectivity index is 1.52. The molecule has 2 aromatic rings. The molecule has 1 N–H and O–H groups in total. The van der Waals surface area contributed by atoms with Gasteiger partial charge in [0.2, 0.25) is 10.0 Å². The van der Waals surface area contributed by atoms with Crippen molar-refractivity contribution in [2.24, 2.45) is 0 Å². The molecule has 0 atom stereocenters. The lowest BCUT2D eigenvalue weighted by Crippen LogP contribution is -2.33. The molecule has 0 saturated carbocycles. The third-order valence-corrected chi connectivity index (χ3v) is 6.51. The highest BCUT2D eigenvalue weighted by Gasteiger charge is 2.18. The highest BCUT2D eigenvalue weighted by atomic mass is 32.2. The van der Waals surface area contributed by atoms with E-state index < -0.39 is 10.0 Å². The van der Waals surface area contributed by atoms with Gasteiger partial charge in [-0.15, -0.1) is 0 Å². The molecule has 1 saturated heterocycles. The van der Waals surface area contributed by atoms with Gasteiger partial charge in [0.1, 0.15) is 0 Å². The fourth-order valence-corrected chi connectivity index (χ4v) is 4.60. The molecule has 1 heterocycles. The van der Waals surface area contributed by atoms with Crippen molar-refractivity contribution in [2.75, 3.05) is 36.7 Å². The van der Waals surface area contributed by atoms with Crippen LogP contribution in [0.4, 0.5) is 5.69 Å². The summed E-state index contributed by atoms with van der Waals surface area (Å²) >= 11 is 0. The van der Waals surface area contributed by atoms with Crippen molar-refractivity contribution in [2.45, 2.75) is 32.2 Å². The van der Waals surface area contributed by atoms with Crippen LogP contribution in [0.5, 0.6) is 0 Å². The van der Waals surface area contributed by atoms with Crippen LogP contribution in [0.25, 0.3) is 0 Å². The van der Waals surface area contributed by atoms with Gasteiger partial charge in [0.15, 0.2) is 0 Å². The lowest BCUT2D eigenvalue weighted by Gasteiger charge is -2.26. The number of carbonyl (C=O) groups excluding carboxylic acids is 1. The smallest absolute Gasteiger partial charge is 0.251 e. The highest BCUT2D eigenvalue weighted by Crippen LogP contribution is 2.20. The zero-order chi connectivity index (χ0) is 21.4. The van der Waals surface area contributed by atoms with Crippen LogP contribution in [0.2, 0.25) is 0 Å². The van der Waals surface area contributed by atoms with Crippen LogP contribution in [0.3, 0.4) is 0 Å². The molecule has 1 fully saturated rings. The first-order chi connectivity index (χ1) is 14.4. The summed E-state index contributed by atoms with van der Waals surface area (Å²) in [5.41, 5.74) is 2.03. The molecule has 1 aliphatic heterocycles. The Hall–Kier alpha value is -2.38. The summed E-state index contributed by atoms with van der Waals surface area (Å²) in [6.45, 7) is 4.25. The molecule has 1 amide bonds. The van der Waals surface area contributed by atoms with E-state index in [4.69, 9.17) is 0 Å². The Kier molecular flexibility index (Phi) is 7.87. The second-order valence-corrected chi connectivity index (χ2v) is 9.72. The third kappa shape index (κ3) is 6.57. The van der Waals surface area contributed by atoms with Gasteiger partial charge in [-0.3, -0.25) is 9.10 Å². The number of sulfonamides is 1. The number of nitrogens with zero attached hydrogens (tertiary/aromatic N) is 2. The number of anilines is 1. The molecule has 0 radical (unpaired) electrons. The van der Waals surface area contributed by atoms with Crippen LogP contribution in [-0.2, 0) is 16.6 Å². The minimum absolute atomic E-state index is 0.0942. The summed E-state index contributed by atoms with van der Waals surface area (Å²) in [7, 11) is -3.42. The average molecular weight is 430 g/mol. The minimum atomic E-state index is -3.42. The number of hydrogen-bond donors (Lipinski definition) is 1. The van der Waals surface area contributed by atoms with Crippen molar-refractivity contribution >= 4 is 21.6 Å². The van der Waals surface area contributed by atoms with Gasteiger partial charge in [-0.2, -0.15) is 0 Å². The van der Waals surface area contributed by atoms with Crippen molar-refractivity contribution in [3.8, 4) is 0 Å². The van der Waals surface area contributed by atoms with E-state index in [9.17, 15) is 13.2 Å². The first-order valence-corrected chi connectivity index (χ1v) is 12.4. The largest absolute Gasteiger partial charge is 0.352 e. The number of piperidine rings is 1. The van der Waals surface area contributed by atoms with Gasteiger partial charge in [-0.05, 0) is 68.7 Å². The summed E-state index contributed by atoms with van der Waals surface area (Å²) in [6.07, 6.45) is 6.03. The number of hydrogen-bond acceptors (Lipinski definition) is 4. The van der Waals surface area contributed by atoms with Crippen molar-refractivity contribution in [3.63, 3.8) is 0 Å². The Bertz CT molecular complexity index is 908. The summed E-state index contributed by atoms with van der Waals surface area (Å²) in [5, 5.41) is 2.98. The summed E-state index contributed by atoms with van der Waals surface area (Å²) in [6, 6.07) is 16.1. The second-order valence-electron chi connectivity index (χ2n) is 7.81. The van der Waals surface area contributed by atoms with E-state index in [0.717, 1.165) is 18.5 Å². The molecule has 3 rings (SSSR count). The minimum Gasteiger partial charge on any atom is -0.352 e. The van der Waals surface area contributed by atoms with Crippen molar-refractivity contribution in [3.05, 3.63) is 65.7 Å². The molecule has 0 bridgehead atoms. The maximum atomic E-state index is 12.4. The van der Waals surface area contributed by atoms with Crippen LogP contribution in [0.15, 0.2) is 54.6 Å². The number of rotatable bonds is 9. The van der Waals surface area contributed by atoms with Crippen LogP contribution in [0, 0.1) is 0 Å². The van der Waals surface area contributed by atoms with Gasteiger partial charge in [0, 0.05) is 12.1 Å². The van der Waals surface area contributed by atoms with Crippen LogP contribution in [0.1, 0.15) is 41.6 Å². The zero-order valence-electron chi connectivity index (χ0n) is 17.6. The summed E-state index contributed by atoms with van der Waals surface area (Å²) in [5.74, 6) is -0.0942. The van der Waals surface area contributed by atoms with Gasteiger partial charge >= 0.3 is 0 Å². The Morgan fingerprint density at radius 1 is 1.00 bits per heavy atom. The van der Waals surface area contributed by atoms with E-state index in [0.29, 0.717) is 17.8 Å². The van der Waals surface area contributed by atoms with Gasteiger partial charge in [0.05, 0.1) is 18.5 Å². The molecule has 30 heavy (non-hydrogen) atoms. The first kappa shape index (κ1) is 22.3. The van der Waals surface area contributed by atoms with Crippen molar-refractivity contribution < 1.29 is 13.2 Å². The molecule has 0 unspecified atom stereocenters. The maximum absolute atomic E-state index is 12.4. The topological polar surface area (TPSA) is 69.7 Å². The standard InChI is InChI=1S/C23H31N3O3S/c1-30(28,29)26(22-9-4-2-5-10-22)19-20-11-13-21(14-12-20)23(27)24-15-8-18-25-16-6-3-7-17-25/h2,4-5,9-14H,3,6-8,15-19H2,1H3,(H,24,27). The lowest BCUT2D eigenvalue weighted by molar-refractivity contribution is 0.0951. The molecule has 2 aromatic carbocycles. The first-order valence-electron chi connectivity index (χ1n) is 10.6. The van der Waals surface area contributed by atoms with Crippen molar-refractivity contribution in [1.82, 2.24) is 10.2 Å². The summed E-state index contributed by atoms with van der Waals surface area (Å²) < 4.78 is 25.8. The normalized spacial score (nSPS) is 15.0. The number of likely N-dealkylation sites (tertiary alicyclic amines) is 1. The predicted molar refractivity (Wildman–Crippen MR) is 121 cm³/mol. The van der Waals surface area contributed by atoms with Gasteiger partial charge < -0.3 is 10.2 Å². The number of amides is 1.